The molecular formula is C28H39N3O5S. The molecule has 5 rings (SSSR count). The Morgan fingerprint density at radius 2 is 1.97 bits per heavy atom. The molecule has 4 fully saturated rings. The van der Waals surface area contributed by atoms with Gasteiger partial charge in [0, 0.05) is 41.5 Å². The number of aliphatic hydroxyl groups is 1. The van der Waals surface area contributed by atoms with E-state index in [9.17, 15) is 20.2 Å². The Hall–Kier alpha value is -2.09. The van der Waals surface area contributed by atoms with Gasteiger partial charge in [-0.15, -0.1) is 11.3 Å². The lowest BCUT2D eigenvalue weighted by Gasteiger charge is -2.57. The van der Waals surface area contributed by atoms with Crippen LogP contribution in [0.3, 0.4) is 0 Å². The van der Waals surface area contributed by atoms with E-state index in [4.69, 9.17) is 9.47 Å². The smallest absolute Gasteiger partial charge is 0.302 e. The molecule has 0 saturated heterocycles. The van der Waals surface area contributed by atoms with Crippen LogP contribution in [0.15, 0.2) is 22.6 Å². The summed E-state index contributed by atoms with van der Waals surface area (Å²) in [5.41, 5.74) is 7.71. The summed E-state index contributed by atoms with van der Waals surface area (Å²) >= 11 is 1.63. The first-order chi connectivity index (χ1) is 17.5. The van der Waals surface area contributed by atoms with Gasteiger partial charge in [-0.05, 0) is 90.5 Å². The summed E-state index contributed by atoms with van der Waals surface area (Å²) in [5, 5.41) is 18.4. The van der Waals surface area contributed by atoms with Crippen LogP contribution < -0.4 is 0 Å². The van der Waals surface area contributed by atoms with Crippen LogP contribution in [0.4, 0.5) is 0 Å². The molecule has 0 aliphatic heterocycles. The monoisotopic (exact) mass is 529 g/mol. The summed E-state index contributed by atoms with van der Waals surface area (Å²) in [4.78, 5) is 27.7. The van der Waals surface area contributed by atoms with Crippen LogP contribution in [0, 0.1) is 33.5 Å². The van der Waals surface area contributed by atoms with Crippen LogP contribution in [0.25, 0.3) is 10.4 Å². The Kier molecular flexibility index (Phi) is 6.44. The van der Waals surface area contributed by atoms with Crippen molar-refractivity contribution >= 4 is 23.3 Å². The minimum absolute atomic E-state index is 0.0297. The molecule has 4 aliphatic carbocycles. The number of hydrogen-bond acceptors (Lipinski definition) is 7. The third-order valence-electron chi connectivity index (χ3n) is 11.4. The van der Waals surface area contributed by atoms with Gasteiger partial charge < -0.3 is 14.6 Å². The number of carbonyl (C=O) groups excluding carboxylic acids is 2. The van der Waals surface area contributed by atoms with Gasteiger partial charge >= 0.3 is 11.9 Å². The zero-order chi connectivity index (χ0) is 26.7. The average Bonchev–Trinajstić information content (AvgIpc) is 3.12. The van der Waals surface area contributed by atoms with E-state index in [0.29, 0.717) is 19.6 Å². The molecule has 9 heteroatoms. The predicted octanol–water partition coefficient (Wildman–Crippen LogP) is 6.13. The van der Waals surface area contributed by atoms with Crippen LogP contribution in [0.1, 0.15) is 83.9 Å². The van der Waals surface area contributed by atoms with Gasteiger partial charge in [0.1, 0.15) is 11.7 Å². The number of ether oxygens (including phenoxy) is 2. The maximum absolute atomic E-state index is 12.2. The molecule has 8 nitrogen and oxygen atoms in total. The van der Waals surface area contributed by atoms with Crippen LogP contribution >= 0.6 is 11.3 Å². The van der Waals surface area contributed by atoms with E-state index in [1.165, 1.54) is 13.8 Å². The van der Waals surface area contributed by atoms with Crippen molar-refractivity contribution in [2.45, 2.75) is 90.8 Å². The van der Waals surface area contributed by atoms with Gasteiger partial charge in [0.15, 0.2) is 0 Å². The van der Waals surface area contributed by atoms with Crippen molar-refractivity contribution in [3.63, 3.8) is 0 Å². The molecule has 8 atom stereocenters. The minimum Gasteiger partial charge on any atom is -0.466 e. The summed E-state index contributed by atoms with van der Waals surface area (Å²) in [5.74, 6) is -0.310. The number of carbonyl (C=O) groups is 2. The Morgan fingerprint density at radius 1 is 1.19 bits per heavy atom. The highest BCUT2D eigenvalue weighted by Gasteiger charge is 2.85. The Morgan fingerprint density at radius 3 is 2.62 bits per heavy atom. The highest BCUT2D eigenvalue weighted by molar-refractivity contribution is 7.10. The normalized spacial score (nSPS) is 44.2. The summed E-state index contributed by atoms with van der Waals surface area (Å²) in [6, 6.07) is 4.07. The molecule has 1 spiro atoms. The highest BCUT2D eigenvalue weighted by Crippen LogP contribution is 2.89. The molecule has 1 aromatic rings. The van der Waals surface area contributed by atoms with Gasteiger partial charge in [-0.25, -0.2) is 0 Å². The second-order valence-electron chi connectivity index (χ2n) is 12.6. The maximum Gasteiger partial charge on any atom is 0.302 e. The first kappa shape index (κ1) is 26.5. The van der Waals surface area contributed by atoms with Crippen LogP contribution in [-0.2, 0) is 24.7 Å². The first-order valence-electron chi connectivity index (χ1n) is 13.6. The van der Waals surface area contributed by atoms with Crippen molar-refractivity contribution in [1.29, 1.82) is 0 Å². The zero-order valence-electron chi connectivity index (χ0n) is 22.4. The van der Waals surface area contributed by atoms with E-state index < -0.39 is 5.60 Å². The third-order valence-corrected chi connectivity index (χ3v) is 12.4. The van der Waals surface area contributed by atoms with Gasteiger partial charge in [-0.1, -0.05) is 25.0 Å². The topological polar surface area (TPSA) is 122 Å². The Bertz CT molecular complexity index is 1120. The molecule has 37 heavy (non-hydrogen) atoms. The number of esters is 2. The molecule has 0 aromatic carbocycles. The molecule has 0 radical (unpaired) electrons. The van der Waals surface area contributed by atoms with E-state index in [2.05, 4.69) is 29.9 Å². The number of nitrogens with zero attached hydrogens (tertiary/aromatic N) is 3. The lowest BCUT2D eigenvalue weighted by Crippen LogP contribution is -2.55. The van der Waals surface area contributed by atoms with E-state index in [0.717, 1.165) is 49.8 Å². The Balaban J connectivity index is 1.52. The molecule has 1 unspecified atom stereocenters. The van der Waals surface area contributed by atoms with Crippen molar-refractivity contribution in [1.82, 2.24) is 0 Å². The van der Waals surface area contributed by atoms with Gasteiger partial charge in [0.2, 0.25) is 0 Å². The van der Waals surface area contributed by atoms with E-state index in [1.807, 2.05) is 11.4 Å². The SMILES string of the molecule is CC(=O)OC[C@H]1C[C@@H](OC(C)=O)CC[C@]1(C)[C@H]1CC[C@@]2(C)[C@]3(CC[C@@]2(O)c2cccs2)CC13CN=[N+]=[N-]. The quantitative estimate of drug-likeness (QED) is 0.197. The summed E-state index contributed by atoms with van der Waals surface area (Å²) in [7, 11) is 0. The fourth-order valence-corrected chi connectivity index (χ4v) is 10.5. The van der Waals surface area contributed by atoms with E-state index >= 15 is 0 Å². The maximum atomic E-state index is 12.2. The van der Waals surface area contributed by atoms with Gasteiger partial charge in [0.25, 0.3) is 0 Å². The van der Waals surface area contributed by atoms with Crippen LogP contribution in [-0.4, -0.2) is 36.3 Å². The van der Waals surface area contributed by atoms with Gasteiger partial charge in [-0.2, -0.15) is 0 Å². The number of thiophene rings is 1. The van der Waals surface area contributed by atoms with Crippen LogP contribution in [0.2, 0.25) is 0 Å². The van der Waals surface area contributed by atoms with Crippen molar-refractivity contribution in [3.8, 4) is 0 Å². The second-order valence-corrected chi connectivity index (χ2v) is 13.5. The molecule has 1 aromatic heterocycles. The standard InChI is InChI=1S/C28H39N3O5S/c1-18(32)35-15-20-14-21(36-19(2)33)7-9-24(20,3)22-8-10-25(4)27(16-26(22,27)17-30-31-29)11-12-28(25,34)23-6-5-13-37-23/h5-6,13,20-22,34H,7-12,14-17H2,1-4H3/t20-,21+,22-,24+,25+,26?,27+,28-/m1/s1. The molecule has 1 N–H and O–H groups in total. The van der Waals surface area contributed by atoms with Crippen molar-refractivity contribution in [2.24, 2.45) is 38.6 Å². The lowest BCUT2D eigenvalue weighted by atomic mass is 9.48. The zero-order valence-corrected chi connectivity index (χ0v) is 23.2. The minimum atomic E-state index is -0.880. The molecule has 0 amide bonds. The number of azide groups is 1. The largest absolute Gasteiger partial charge is 0.466 e. The molecule has 4 aliphatic rings. The average molecular weight is 530 g/mol. The first-order valence-corrected chi connectivity index (χ1v) is 14.4. The fraction of sp³-hybridized carbons (Fsp3) is 0.786. The number of hydrogen-bond donors (Lipinski definition) is 1. The predicted molar refractivity (Wildman–Crippen MR) is 139 cm³/mol. The second kappa shape index (κ2) is 8.99. The molecule has 4 saturated carbocycles. The molecule has 0 bridgehead atoms. The van der Waals surface area contributed by atoms with Crippen molar-refractivity contribution < 1.29 is 24.2 Å². The number of rotatable bonds is 7. The van der Waals surface area contributed by atoms with E-state index in [-0.39, 0.29) is 51.5 Å². The highest BCUT2D eigenvalue weighted by atomic mass is 32.1. The molecule has 1 heterocycles. The van der Waals surface area contributed by atoms with Crippen molar-refractivity contribution in [3.05, 3.63) is 32.8 Å². The van der Waals surface area contributed by atoms with Gasteiger partial charge in [0.05, 0.1) is 6.61 Å². The lowest BCUT2D eigenvalue weighted by molar-refractivity contribution is -0.166. The summed E-state index contributed by atoms with van der Waals surface area (Å²) in [6.45, 7) is 8.16. The third kappa shape index (κ3) is 3.68. The van der Waals surface area contributed by atoms with Crippen LogP contribution in [0.5, 0.6) is 0 Å². The summed E-state index contributed by atoms with van der Waals surface area (Å²) < 4.78 is 11.2. The molecule has 202 valence electrons. The van der Waals surface area contributed by atoms with Crippen molar-refractivity contribution in [2.75, 3.05) is 13.2 Å². The Labute approximate surface area is 222 Å². The van der Waals surface area contributed by atoms with E-state index in [1.54, 1.807) is 11.3 Å². The van der Waals surface area contributed by atoms with Gasteiger partial charge in [-0.3, -0.25) is 9.59 Å². The fourth-order valence-electron chi connectivity index (χ4n) is 9.53. The molecular weight excluding hydrogens is 490 g/mol. The summed E-state index contributed by atoms with van der Waals surface area (Å²) in [6.07, 6.45) is 6.47.